The highest BCUT2D eigenvalue weighted by molar-refractivity contribution is 6.07. The Morgan fingerprint density at radius 1 is 1.00 bits per heavy atom. The van der Waals surface area contributed by atoms with E-state index < -0.39 is 0 Å². The minimum Gasteiger partial charge on any atom is -0.294 e. The zero-order chi connectivity index (χ0) is 13.6. The summed E-state index contributed by atoms with van der Waals surface area (Å²) in [6.07, 6.45) is 0.538. The number of aryl methyl sites for hydroxylation is 1. The fourth-order valence-corrected chi connectivity index (χ4v) is 2.83. The molecule has 19 heavy (non-hydrogen) atoms. The number of carbonyl (C=O) groups is 1. The Morgan fingerprint density at radius 2 is 1.79 bits per heavy atom. The summed E-state index contributed by atoms with van der Waals surface area (Å²) in [5.74, 6) is 0.705. The van der Waals surface area contributed by atoms with Gasteiger partial charge in [-0.2, -0.15) is 0 Å². The Morgan fingerprint density at radius 3 is 2.53 bits per heavy atom. The molecule has 3 rings (SSSR count). The van der Waals surface area contributed by atoms with Gasteiger partial charge in [0.1, 0.15) is 0 Å². The molecule has 0 bridgehead atoms. The van der Waals surface area contributed by atoms with Gasteiger partial charge in [0.15, 0.2) is 5.78 Å². The standard InChI is InChI=1S/C18H18O/c1-11(2)13-7-8-15-14-6-4-5-12(3)16(14)10-18(19)17(15)9-13/h4-9,11H,10H2,1-3H3. The van der Waals surface area contributed by atoms with Crippen LogP contribution in [0, 0.1) is 6.92 Å². The fourth-order valence-electron chi connectivity index (χ4n) is 2.83. The molecule has 0 saturated heterocycles. The second-order valence-electron chi connectivity index (χ2n) is 5.66. The van der Waals surface area contributed by atoms with Gasteiger partial charge >= 0.3 is 0 Å². The lowest BCUT2D eigenvalue weighted by molar-refractivity contribution is 0.0991. The van der Waals surface area contributed by atoms with E-state index in [1.807, 2.05) is 0 Å². The van der Waals surface area contributed by atoms with Gasteiger partial charge in [-0.25, -0.2) is 0 Å². The average Bonchev–Trinajstić information content (AvgIpc) is 2.40. The summed E-state index contributed by atoms with van der Waals surface area (Å²) in [4.78, 5) is 12.4. The third kappa shape index (κ3) is 1.90. The molecule has 0 saturated carbocycles. The van der Waals surface area contributed by atoms with Gasteiger partial charge in [-0.15, -0.1) is 0 Å². The SMILES string of the molecule is Cc1cccc2c1CC(=O)c1cc(C(C)C)ccc1-2. The van der Waals surface area contributed by atoms with Crippen LogP contribution in [-0.4, -0.2) is 5.78 Å². The summed E-state index contributed by atoms with van der Waals surface area (Å²) in [6, 6.07) is 12.6. The fraction of sp³-hybridized carbons (Fsp3) is 0.278. The van der Waals surface area contributed by atoms with Crippen molar-refractivity contribution in [2.24, 2.45) is 0 Å². The quantitative estimate of drug-likeness (QED) is 0.727. The van der Waals surface area contributed by atoms with Crippen LogP contribution in [0.2, 0.25) is 0 Å². The molecule has 0 heterocycles. The molecule has 0 aliphatic heterocycles. The Balaban J connectivity index is 2.25. The van der Waals surface area contributed by atoms with E-state index in [0.29, 0.717) is 12.3 Å². The van der Waals surface area contributed by atoms with Crippen LogP contribution in [0.4, 0.5) is 0 Å². The van der Waals surface area contributed by atoms with E-state index in [2.05, 4.69) is 57.2 Å². The number of rotatable bonds is 1. The molecule has 1 aliphatic rings. The van der Waals surface area contributed by atoms with E-state index >= 15 is 0 Å². The van der Waals surface area contributed by atoms with Crippen molar-refractivity contribution < 1.29 is 4.79 Å². The number of fused-ring (bicyclic) bond motifs is 3. The maximum Gasteiger partial charge on any atom is 0.167 e. The number of Topliss-reactive ketones (excluding diaryl/α,β-unsaturated/α-hetero) is 1. The van der Waals surface area contributed by atoms with E-state index in [0.717, 1.165) is 11.1 Å². The van der Waals surface area contributed by atoms with Crippen molar-refractivity contribution in [2.75, 3.05) is 0 Å². The first-order valence-electron chi connectivity index (χ1n) is 6.84. The smallest absolute Gasteiger partial charge is 0.167 e. The van der Waals surface area contributed by atoms with Gasteiger partial charge in [0.2, 0.25) is 0 Å². The van der Waals surface area contributed by atoms with Crippen LogP contribution in [0.15, 0.2) is 36.4 Å². The number of benzene rings is 2. The van der Waals surface area contributed by atoms with Crippen molar-refractivity contribution >= 4 is 5.78 Å². The van der Waals surface area contributed by atoms with Crippen LogP contribution in [-0.2, 0) is 6.42 Å². The number of hydrogen-bond donors (Lipinski definition) is 0. The van der Waals surface area contributed by atoms with Crippen LogP contribution in [0.25, 0.3) is 11.1 Å². The molecule has 0 radical (unpaired) electrons. The topological polar surface area (TPSA) is 17.1 Å². The summed E-state index contributed by atoms with van der Waals surface area (Å²) < 4.78 is 0. The van der Waals surface area contributed by atoms with Crippen LogP contribution in [0.1, 0.15) is 46.8 Å². The maximum atomic E-state index is 12.4. The lowest BCUT2D eigenvalue weighted by Gasteiger charge is -2.22. The van der Waals surface area contributed by atoms with Gasteiger partial charge in [0.25, 0.3) is 0 Å². The Kier molecular flexibility index (Phi) is 2.78. The van der Waals surface area contributed by atoms with Crippen molar-refractivity contribution in [3.63, 3.8) is 0 Å². The Labute approximate surface area is 114 Å². The lowest BCUT2D eigenvalue weighted by Crippen LogP contribution is -2.14. The molecule has 0 amide bonds. The van der Waals surface area contributed by atoms with E-state index in [1.54, 1.807) is 0 Å². The number of ketones is 1. The second kappa shape index (κ2) is 4.34. The molecule has 1 heteroatoms. The van der Waals surface area contributed by atoms with E-state index in [-0.39, 0.29) is 5.78 Å². The molecule has 0 N–H and O–H groups in total. The minimum atomic E-state index is 0.249. The van der Waals surface area contributed by atoms with Crippen molar-refractivity contribution in [1.29, 1.82) is 0 Å². The Bertz CT molecular complexity index is 665. The molecule has 96 valence electrons. The maximum absolute atomic E-state index is 12.4. The van der Waals surface area contributed by atoms with E-state index in [4.69, 9.17) is 0 Å². The van der Waals surface area contributed by atoms with Crippen molar-refractivity contribution in [2.45, 2.75) is 33.1 Å². The third-order valence-corrected chi connectivity index (χ3v) is 4.05. The molecule has 0 unspecified atom stereocenters. The molecule has 0 fully saturated rings. The van der Waals surface area contributed by atoms with Crippen molar-refractivity contribution in [3.05, 3.63) is 58.7 Å². The monoisotopic (exact) mass is 250 g/mol. The van der Waals surface area contributed by atoms with Crippen LogP contribution < -0.4 is 0 Å². The molecule has 1 aliphatic carbocycles. The first kappa shape index (κ1) is 12.2. The summed E-state index contributed by atoms with van der Waals surface area (Å²) in [5.41, 5.74) is 6.86. The highest BCUT2D eigenvalue weighted by atomic mass is 16.1. The minimum absolute atomic E-state index is 0.249. The first-order chi connectivity index (χ1) is 9.08. The summed E-state index contributed by atoms with van der Waals surface area (Å²) in [5, 5.41) is 0. The van der Waals surface area contributed by atoms with Gasteiger partial charge < -0.3 is 0 Å². The van der Waals surface area contributed by atoms with Gasteiger partial charge in [-0.05, 0) is 46.7 Å². The molecule has 0 atom stereocenters. The van der Waals surface area contributed by atoms with E-state index in [9.17, 15) is 4.79 Å². The summed E-state index contributed by atoms with van der Waals surface area (Å²) >= 11 is 0. The summed E-state index contributed by atoms with van der Waals surface area (Å²) in [6.45, 7) is 6.40. The zero-order valence-electron chi connectivity index (χ0n) is 11.7. The largest absolute Gasteiger partial charge is 0.294 e. The zero-order valence-corrected chi connectivity index (χ0v) is 11.7. The molecule has 1 nitrogen and oxygen atoms in total. The van der Waals surface area contributed by atoms with Crippen LogP contribution in [0.5, 0.6) is 0 Å². The number of hydrogen-bond acceptors (Lipinski definition) is 1. The Hall–Kier alpha value is -1.89. The van der Waals surface area contributed by atoms with Gasteiger partial charge in [0.05, 0.1) is 0 Å². The third-order valence-electron chi connectivity index (χ3n) is 4.05. The van der Waals surface area contributed by atoms with Gasteiger partial charge in [0, 0.05) is 12.0 Å². The molecular formula is C18H18O. The van der Waals surface area contributed by atoms with Crippen molar-refractivity contribution in [3.8, 4) is 11.1 Å². The molecular weight excluding hydrogens is 232 g/mol. The van der Waals surface area contributed by atoms with Gasteiger partial charge in [-0.3, -0.25) is 4.79 Å². The molecule has 2 aromatic rings. The normalized spacial score (nSPS) is 13.4. The lowest BCUT2D eigenvalue weighted by atomic mass is 9.81. The highest BCUT2D eigenvalue weighted by Crippen LogP contribution is 2.36. The predicted molar refractivity (Wildman–Crippen MR) is 78.7 cm³/mol. The predicted octanol–water partition coefficient (Wildman–Crippen LogP) is 4.52. The van der Waals surface area contributed by atoms with Crippen LogP contribution in [0.3, 0.4) is 0 Å². The van der Waals surface area contributed by atoms with E-state index in [1.165, 1.54) is 22.3 Å². The summed E-state index contributed by atoms with van der Waals surface area (Å²) in [7, 11) is 0. The number of carbonyl (C=O) groups excluding carboxylic acids is 1. The molecule has 0 spiro atoms. The van der Waals surface area contributed by atoms with Crippen LogP contribution >= 0.6 is 0 Å². The average molecular weight is 250 g/mol. The highest BCUT2D eigenvalue weighted by Gasteiger charge is 2.23. The molecule has 0 aromatic heterocycles. The first-order valence-corrected chi connectivity index (χ1v) is 6.84. The van der Waals surface area contributed by atoms with Crippen molar-refractivity contribution in [1.82, 2.24) is 0 Å². The molecule has 2 aromatic carbocycles. The van der Waals surface area contributed by atoms with Gasteiger partial charge in [-0.1, -0.05) is 44.2 Å². The second-order valence-corrected chi connectivity index (χ2v) is 5.66.